The predicted molar refractivity (Wildman–Crippen MR) is 92.9 cm³/mol. The Bertz CT molecular complexity index is 610. The summed E-state index contributed by atoms with van der Waals surface area (Å²) in [7, 11) is 2.15. The Kier molecular flexibility index (Phi) is 5.19. The number of benzene rings is 1. The number of carbonyl (C=O) groups excluding carboxylic acids is 1. The molecule has 0 aromatic heterocycles. The minimum absolute atomic E-state index is 0.0878. The van der Waals surface area contributed by atoms with Gasteiger partial charge >= 0.3 is 5.97 Å². The number of hydrogen-bond acceptors (Lipinski definition) is 3. The van der Waals surface area contributed by atoms with Gasteiger partial charge < -0.3 is 10.0 Å². The zero-order valence-corrected chi connectivity index (χ0v) is 14.3. The highest BCUT2D eigenvalue weighted by molar-refractivity contribution is 5.99. The first-order valence-electron chi connectivity index (χ1n) is 8.87. The summed E-state index contributed by atoms with van der Waals surface area (Å²) < 4.78 is 0. The van der Waals surface area contributed by atoms with Crippen LogP contribution >= 0.6 is 0 Å². The van der Waals surface area contributed by atoms with Crippen molar-refractivity contribution >= 4 is 17.6 Å². The molecular weight excluding hydrogens is 304 g/mol. The molecule has 1 aliphatic carbocycles. The standard InChI is InChI=1S/C19H26N2O3/c1-20(16-8-3-2-4-9-16)12-14-7-5-6-10-17(14)21-13-15(19(23)24)11-18(21)22/h5-7,10,15-16H,2-4,8-9,11-13H2,1H3,(H,23,24). The van der Waals surface area contributed by atoms with E-state index >= 15 is 0 Å². The van der Waals surface area contributed by atoms with E-state index in [0.717, 1.165) is 17.8 Å². The molecule has 1 saturated carbocycles. The molecule has 0 spiro atoms. The summed E-state index contributed by atoms with van der Waals surface area (Å²) in [5.74, 6) is -1.57. The van der Waals surface area contributed by atoms with E-state index in [1.807, 2.05) is 18.2 Å². The third-order valence-electron chi connectivity index (χ3n) is 5.37. The van der Waals surface area contributed by atoms with E-state index in [1.165, 1.54) is 32.1 Å². The summed E-state index contributed by atoms with van der Waals surface area (Å²) in [5, 5.41) is 9.19. The number of para-hydroxylation sites is 1. The summed E-state index contributed by atoms with van der Waals surface area (Å²) in [5.41, 5.74) is 1.97. The van der Waals surface area contributed by atoms with Crippen molar-refractivity contribution in [1.29, 1.82) is 0 Å². The number of carboxylic acids is 1. The van der Waals surface area contributed by atoms with Crippen LogP contribution in [0.25, 0.3) is 0 Å². The van der Waals surface area contributed by atoms with Gasteiger partial charge in [0.05, 0.1) is 5.92 Å². The third kappa shape index (κ3) is 3.61. The minimum atomic E-state index is -0.886. The summed E-state index contributed by atoms with van der Waals surface area (Å²) >= 11 is 0. The molecule has 1 heterocycles. The summed E-state index contributed by atoms with van der Waals surface area (Å²) in [6.45, 7) is 1.07. The molecular formula is C19H26N2O3. The quantitative estimate of drug-likeness (QED) is 0.902. The second-order valence-corrected chi connectivity index (χ2v) is 7.08. The second-order valence-electron chi connectivity index (χ2n) is 7.08. The van der Waals surface area contributed by atoms with E-state index in [4.69, 9.17) is 0 Å². The van der Waals surface area contributed by atoms with Gasteiger partial charge in [-0.1, -0.05) is 37.5 Å². The average molecular weight is 330 g/mol. The van der Waals surface area contributed by atoms with Crippen LogP contribution in [0.3, 0.4) is 0 Å². The number of carboxylic acid groups (broad SMARTS) is 1. The molecule has 1 aromatic carbocycles. The van der Waals surface area contributed by atoms with Gasteiger partial charge in [-0.25, -0.2) is 0 Å². The van der Waals surface area contributed by atoms with Crippen LogP contribution in [0, 0.1) is 5.92 Å². The zero-order valence-electron chi connectivity index (χ0n) is 14.3. The molecule has 1 amide bonds. The molecule has 0 radical (unpaired) electrons. The van der Waals surface area contributed by atoms with Crippen LogP contribution in [0.5, 0.6) is 0 Å². The zero-order chi connectivity index (χ0) is 17.1. The fourth-order valence-corrected chi connectivity index (χ4v) is 3.93. The molecule has 24 heavy (non-hydrogen) atoms. The van der Waals surface area contributed by atoms with Crippen molar-refractivity contribution in [2.45, 2.75) is 51.1 Å². The number of amides is 1. The lowest BCUT2D eigenvalue weighted by molar-refractivity contribution is -0.141. The highest BCUT2D eigenvalue weighted by Gasteiger charge is 2.36. The molecule has 1 atom stereocenters. The molecule has 1 aliphatic heterocycles. The van der Waals surface area contributed by atoms with Gasteiger partial charge in [0.15, 0.2) is 0 Å². The summed E-state index contributed by atoms with van der Waals surface area (Å²) in [6.07, 6.45) is 6.50. The molecule has 1 saturated heterocycles. The van der Waals surface area contributed by atoms with E-state index < -0.39 is 11.9 Å². The molecule has 5 heteroatoms. The second kappa shape index (κ2) is 7.34. The Morgan fingerprint density at radius 2 is 1.96 bits per heavy atom. The van der Waals surface area contributed by atoms with E-state index in [9.17, 15) is 14.7 Å². The number of rotatable bonds is 5. The van der Waals surface area contributed by atoms with Crippen LogP contribution in [0.2, 0.25) is 0 Å². The van der Waals surface area contributed by atoms with Crippen molar-refractivity contribution in [3.8, 4) is 0 Å². The Labute approximate surface area is 143 Å². The molecule has 1 N–H and O–H groups in total. The van der Waals surface area contributed by atoms with E-state index in [2.05, 4.69) is 18.0 Å². The summed E-state index contributed by atoms with van der Waals surface area (Å²) in [4.78, 5) is 27.5. The van der Waals surface area contributed by atoms with Crippen molar-refractivity contribution < 1.29 is 14.7 Å². The topological polar surface area (TPSA) is 60.9 Å². The lowest BCUT2D eigenvalue weighted by atomic mass is 9.94. The highest BCUT2D eigenvalue weighted by atomic mass is 16.4. The number of nitrogens with zero attached hydrogens (tertiary/aromatic N) is 2. The number of anilines is 1. The van der Waals surface area contributed by atoms with Gasteiger partial charge in [-0.2, -0.15) is 0 Å². The molecule has 1 unspecified atom stereocenters. The maximum absolute atomic E-state index is 12.3. The molecule has 130 valence electrons. The van der Waals surface area contributed by atoms with Gasteiger partial charge in [-0.05, 0) is 31.5 Å². The van der Waals surface area contributed by atoms with Crippen LogP contribution in [0.15, 0.2) is 24.3 Å². The van der Waals surface area contributed by atoms with Crippen molar-refractivity contribution in [3.63, 3.8) is 0 Å². The lowest BCUT2D eigenvalue weighted by Crippen LogP contribution is -2.34. The normalized spacial score (nSPS) is 22.3. The third-order valence-corrected chi connectivity index (χ3v) is 5.37. The maximum Gasteiger partial charge on any atom is 0.308 e. The van der Waals surface area contributed by atoms with Crippen LogP contribution in [-0.2, 0) is 16.1 Å². The lowest BCUT2D eigenvalue weighted by Gasteiger charge is -2.32. The van der Waals surface area contributed by atoms with Crippen molar-refractivity contribution in [1.82, 2.24) is 4.90 Å². The number of carbonyl (C=O) groups is 2. The Hall–Kier alpha value is -1.88. The SMILES string of the molecule is CN(Cc1ccccc1N1CC(C(=O)O)CC1=O)C1CCCCC1. The fourth-order valence-electron chi connectivity index (χ4n) is 3.93. The molecule has 2 fully saturated rings. The molecule has 0 bridgehead atoms. The van der Waals surface area contributed by atoms with Gasteiger partial charge in [-0.15, -0.1) is 0 Å². The van der Waals surface area contributed by atoms with Crippen molar-refractivity contribution in [3.05, 3.63) is 29.8 Å². The van der Waals surface area contributed by atoms with Gasteiger partial charge in [0.25, 0.3) is 0 Å². The van der Waals surface area contributed by atoms with Crippen molar-refractivity contribution in [2.75, 3.05) is 18.5 Å². The van der Waals surface area contributed by atoms with E-state index in [1.54, 1.807) is 4.90 Å². The van der Waals surface area contributed by atoms with Gasteiger partial charge in [0, 0.05) is 31.2 Å². The molecule has 2 aliphatic rings. The number of aliphatic carboxylic acids is 1. The van der Waals surface area contributed by atoms with Crippen molar-refractivity contribution in [2.24, 2.45) is 5.92 Å². The van der Waals surface area contributed by atoms with Crippen LogP contribution in [-0.4, -0.2) is 41.5 Å². The highest BCUT2D eigenvalue weighted by Crippen LogP contribution is 2.30. The fraction of sp³-hybridized carbons (Fsp3) is 0.579. The smallest absolute Gasteiger partial charge is 0.308 e. The summed E-state index contributed by atoms with van der Waals surface area (Å²) in [6, 6.07) is 8.50. The van der Waals surface area contributed by atoms with Crippen LogP contribution < -0.4 is 4.90 Å². The van der Waals surface area contributed by atoms with E-state index in [-0.39, 0.29) is 18.9 Å². The first-order valence-corrected chi connectivity index (χ1v) is 8.87. The monoisotopic (exact) mass is 330 g/mol. The van der Waals surface area contributed by atoms with E-state index in [0.29, 0.717) is 6.04 Å². The Morgan fingerprint density at radius 3 is 2.62 bits per heavy atom. The first-order chi connectivity index (χ1) is 11.6. The first kappa shape index (κ1) is 17.0. The molecule has 3 rings (SSSR count). The Balaban J connectivity index is 1.75. The minimum Gasteiger partial charge on any atom is -0.481 e. The van der Waals surface area contributed by atoms with Gasteiger partial charge in [0.1, 0.15) is 0 Å². The molecule has 1 aromatic rings. The Morgan fingerprint density at radius 1 is 1.25 bits per heavy atom. The largest absolute Gasteiger partial charge is 0.481 e. The molecule has 5 nitrogen and oxygen atoms in total. The van der Waals surface area contributed by atoms with Gasteiger partial charge in [0.2, 0.25) is 5.91 Å². The maximum atomic E-state index is 12.3. The van der Waals surface area contributed by atoms with Crippen LogP contribution in [0.1, 0.15) is 44.1 Å². The predicted octanol–water partition coefficient (Wildman–Crippen LogP) is 2.89. The average Bonchev–Trinajstić information content (AvgIpc) is 2.98. The van der Waals surface area contributed by atoms with Crippen LogP contribution in [0.4, 0.5) is 5.69 Å². The van der Waals surface area contributed by atoms with Gasteiger partial charge in [-0.3, -0.25) is 14.5 Å². The number of hydrogen-bond donors (Lipinski definition) is 1.